The van der Waals surface area contributed by atoms with Crippen LogP contribution in [0.2, 0.25) is 0 Å². The van der Waals surface area contributed by atoms with Gasteiger partial charge in [-0.1, -0.05) is 24.4 Å². The second-order valence-electron chi connectivity index (χ2n) is 5.18. The summed E-state index contributed by atoms with van der Waals surface area (Å²) in [6, 6.07) is 0. The van der Waals surface area contributed by atoms with Gasteiger partial charge in [0.1, 0.15) is 5.54 Å². The summed E-state index contributed by atoms with van der Waals surface area (Å²) in [6.45, 7) is 1.10. The molecule has 2 rings (SSSR count). The van der Waals surface area contributed by atoms with E-state index in [2.05, 4.69) is 10.5 Å². The molecule has 1 unspecified atom stereocenters. The molecule has 1 atom stereocenters. The molecule has 2 aliphatic rings. The van der Waals surface area contributed by atoms with E-state index < -0.39 is 5.54 Å². The van der Waals surface area contributed by atoms with Crippen molar-refractivity contribution in [2.24, 2.45) is 16.8 Å². The summed E-state index contributed by atoms with van der Waals surface area (Å²) in [7, 11) is 0. The van der Waals surface area contributed by atoms with E-state index in [1.54, 1.807) is 0 Å². The van der Waals surface area contributed by atoms with Crippen LogP contribution in [0.3, 0.4) is 0 Å². The van der Waals surface area contributed by atoms with Crippen LogP contribution in [0.15, 0.2) is 5.16 Å². The van der Waals surface area contributed by atoms with E-state index in [1.807, 2.05) is 0 Å². The van der Waals surface area contributed by atoms with Gasteiger partial charge < -0.3 is 21.0 Å². The van der Waals surface area contributed by atoms with E-state index in [0.717, 1.165) is 38.5 Å². The van der Waals surface area contributed by atoms with Crippen LogP contribution < -0.4 is 11.1 Å². The molecule has 0 radical (unpaired) electrons. The number of carbonyl (C=O) groups excluding carboxylic acids is 1. The third-order valence-corrected chi connectivity index (χ3v) is 3.97. The number of ether oxygens (including phenoxy) is 1. The van der Waals surface area contributed by atoms with Crippen LogP contribution in [0, 0.1) is 5.92 Å². The molecular weight excluding hydrogens is 234 g/mol. The van der Waals surface area contributed by atoms with E-state index in [4.69, 9.17) is 15.7 Å². The number of amides is 1. The fraction of sp³-hybridized carbons (Fsp3) is 0.833. The Morgan fingerprint density at radius 3 is 2.67 bits per heavy atom. The smallest absolute Gasteiger partial charge is 0.226 e. The van der Waals surface area contributed by atoms with Crippen molar-refractivity contribution in [2.45, 2.75) is 44.1 Å². The van der Waals surface area contributed by atoms with Gasteiger partial charge in [-0.25, -0.2) is 0 Å². The van der Waals surface area contributed by atoms with Crippen LogP contribution >= 0.6 is 0 Å². The van der Waals surface area contributed by atoms with Gasteiger partial charge in [0.05, 0.1) is 12.5 Å². The monoisotopic (exact) mass is 255 g/mol. The van der Waals surface area contributed by atoms with Crippen LogP contribution in [0.4, 0.5) is 0 Å². The van der Waals surface area contributed by atoms with E-state index in [1.165, 1.54) is 0 Å². The Morgan fingerprint density at radius 2 is 2.11 bits per heavy atom. The number of oxime groups is 1. The number of rotatable bonds is 3. The minimum atomic E-state index is -0.660. The lowest BCUT2D eigenvalue weighted by molar-refractivity contribution is -0.126. The molecule has 6 nitrogen and oxygen atoms in total. The number of amidine groups is 1. The highest BCUT2D eigenvalue weighted by Gasteiger charge is 2.39. The lowest BCUT2D eigenvalue weighted by Crippen LogP contribution is -2.59. The van der Waals surface area contributed by atoms with E-state index in [9.17, 15) is 4.79 Å². The van der Waals surface area contributed by atoms with Gasteiger partial charge >= 0.3 is 0 Å². The van der Waals surface area contributed by atoms with Crippen molar-refractivity contribution in [3.05, 3.63) is 0 Å². The third kappa shape index (κ3) is 2.58. The number of nitrogens with two attached hydrogens (primary N) is 1. The van der Waals surface area contributed by atoms with E-state index in [0.29, 0.717) is 13.2 Å². The standard InChI is InChI=1S/C12H21N3O3/c13-11(15-17)12(5-2-1-3-6-12)14-10(16)9-4-7-18-8-9/h9,17H,1-8H2,(H2,13,15)(H,14,16). The molecule has 4 N–H and O–H groups in total. The lowest BCUT2D eigenvalue weighted by atomic mass is 9.80. The summed E-state index contributed by atoms with van der Waals surface area (Å²) in [6.07, 6.45) is 5.32. The molecule has 1 saturated heterocycles. The van der Waals surface area contributed by atoms with Crippen molar-refractivity contribution in [3.63, 3.8) is 0 Å². The maximum atomic E-state index is 12.2. The average Bonchev–Trinajstić information content (AvgIpc) is 2.93. The largest absolute Gasteiger partial charge is 0.409 e. The molecule has 1 amide bonds. The molecule has 1 aliphatic heterocycles. The van der Waals surface area contributed by atoms with Gasteiger partial charge in [0.25, 0.3) is 0 Å². The molecule has 1 heterocycles. The second kappa shape index (κ2) is 5.56. The average molecular weight is 255 g/mol. The first kappa shape index (κ1) is 13.1. The van der Waals surface area contributed by atoms with Crippen LogP contribution in [0.25, 0.3) is 0 Å². The van der Waals surface area contributed by atoms with Gasteiger partial charge in [-0.2, -0.15) is 0 Å². The molecule has 6 heteroatoms. The molecular formula is C12H21N3O3. The Kier molecular flexibility index (Phi) is 4.06. The highest BCUT2D eigenvalue weighted by atomic mass is 16.5. The van der Waals surface area contributed by atoms with Crippen molar-refractivity contribution in [1.29, 1.82) is 0 Å². The Morgan fingerprint density at radius 1 is 1.39 bits per heavy atom. The number of nitrogens with zero attached hydrogens (tertiary/aromatic N) is 1. The zero-order chi connectivity index (χ0) is 13.0. The number of carbonyl (C=O) groups is 1. The fourth-order valence-corrected chi connectivity index (χ4v) is 2.78. The minimum Gasteiger partial charge on any atom is -0.409 e. The summed E-state index contributed by atoms with van der Waals surface area (Å²) in [4.78, 5) is 12.2. The zero-order valence-corrected chi connectivity index (χ0v) is 10.5. The van der Waals surface area contributed by atoms with Gasteiger partial charge in [-0.05, 0) is 19.3 Å². The van der Waals surface area contributed by atoms with Crippen molar-refractivity contribution in [3.8, 4) is 0 Å². The molecule has 1 aliphatic carbocycles. The quantitative estimate of drug-likeness (QED) is 0.297. The second-order valence-corrected chi connectivity index (χ2v) is 5.18. The normalized spacial score (nSPS) is 28.0. The van der Waals surface area contributed by atoms with Crippen LogP contribution in [-0.2, 0) is 9.53 Å². The molecule has 0 bridgehead atoms. The lowest BCUT2D eigenvalue weighted by Gasteiger charge is -2.37. The molecule has 1 saturated carbocycles. The molecule has 18 heavy (non-hydrogen) atoms. The summed E-state index contributed by atoms with van der Waals surface area (Å²) in [5.41, 5.74) is 5.12. The third-order valence-electron chi connectivity index (χ3n) is 3.97. The summed E-state index contributed by atoms with van der Waals surface area (Å²) < 4.78 is 5.22. The molecule has 0 aromatic rings. The van der Waals surface area contributed by atoms with E-state index >= 15 is 0 Å². The van der Waals surface area contributed by atoms with Crippen molar-refractivity contribution in [2.75, 3.05) is 13.2 Å². The number of nitrogens with one attached hydrogen (secondary N) is 1. The molecule has 0 spiro atoms. The number of hydrogen-bond donors (Lipinski definition) is 3. The highest BCUT2D eigenvalue weighted by molar-refractivity contribution is 5.94. The topological polar surface area (TPSA) is 96.9 Å². The first-order chi connectivity index (χ1) is 8.68. The van der Waals surface area contributed by atoms with Gasteiger partial charge in [0, 0.05) is 6.61 Å². The Hall–Kier alpha value is -1.30. The zero-order valence-electron chi connectivity index (χ0n) is 10.5. The molecule has 0 aromatic carbocycles. The Balaban J connectivity index is 2.07. The molecule has 102 valence electrons. The van der Waals surface area contributed by atoms with Gasteiger partial charge in [0.2, 0.25) is 5.91 Å². The highest BCUT2D eigenvalue weighted by Crippen LogP contribution is 2.29. The fourth-order valence-electron chi connectivity index (χ4n) is 2.78. The van der Waals surface area contributed by atoms with E-state index in [-0.39, 0.29) is 17.7 Å². The predicted molar refractivity (Wildman–Crippen MR) is 66.3 cm³/mol. The summed E-state index contributed by atoms with van der Waals surface area (Å²) in [5, 5.41) is 15.0. The predicted octanol–water partition coefficient (Wildman–Crippen LogP) is 0.588. The Labute approximate surface area is 107 Å². The van der Waals surface area contributed by atoms with Gasteiger partial charge in [-0.15, -0.1) is 0 Å². The molecule has 0 aromatic heterocycles. The summed E-state index contributed by atoms with van der Waals surface area (Å²) >= 11 is 0. The first-order valence-corrected chi connectivity index (χ1v) is 6.56. The van der Waals surface area contributed by atoms with Gasteiger partial charge in [-0.3, -0.25) is 4.79 Å². The van der Waals surface area contributed by atoms with Crippen LogP contribution in [0.5, 0.6) is 0 Å². The molecule has 2 fully saturated rings. The SMILES string of the molecule is NC(=NO)C1(NC(=O)C2CCOC2)CCCCC1. The number of hydrogen-bond acceptors (Lipinski definition) is 4. The maximum Gasteiger partial charge on any atom is 0.226 e. The van der Waals surface area contributed by atoms with Crippen LogP contribution in [-0.4, -0.2) is 35.7 Å². The van der Waals surface area contributed by atoms with Crippen molar-refractivity contribution < 1.29 is 14.7 Å². The van der Waals surface area contributed by atoms with Crippen molar-refractivity contribution >= 4 is 11.7 Å². The summed E-state index contributed by atoms with van der Waals surface area (Å²) in [5.74, 6) is -0.0224. The van der Waals surface area contributed by atoms with Crippen molar-refractivity contribution in [1.82, 2.24) is 5.32 Å². The van der Waals surface area contributed by atoms with Crippen LogP contribution in [0.1, 0.15) is 38.5 Å². The van der Waals surface area contributed by atoms with Gasteiger partial charge in [0.15, 0.2) is 5.84 Å². The maximum absolute atomic E-state index is 12.2. The minimum absolute atomic E-state index is 0.0407. The first-order valence-electron chi connectivity index (χ1n) is 6.56. The Bertz CT molecular complexity index is 331.